The van der Waals surface area contributed by atoms with Crippen molar-refractivity contribution in [2.45, 2.75) is 33.7 Å². The Morgan fingerprint density at radius 1 is 0.886 bits per heavy atom. The molecule has 1 saturated heterocycles. The van der Waals surface area contributed by atoms with Crippen LogP contribution in [0.5, 0.6) is 5.75 Å². The Kier molecular flexibility index (Phi) is 7.98. The highest BCUT2D eigenvalue weighted by atomic mass is 16.3. The average Bonchev–Trinajstić information content (AvgIpc) is 2.90. The summed E-state index contributed by atoms with van der Waals surface area (Å²) in [4.78, 5) is 18.9. The molecule has 7 nitrogen and oxygen atoms in total. The maximum absolute atomic E-state index is 12.5. The van der Waals surface area contributed by atoms with Crippen LogP contribution in [0.4, 0.5) is 5.82 Å². The summed E-state index contributed by atoms with van der Waals surface area (Å²) in [5.41, 5.74) is 5.26. The summed E-state index contributed by atoms with van der Waals surface area (Å²) >= 11 is 0. The molecule has 1 aliphatic heterocycles. The molecule has 4 rings (SSSR count). The summed E-state index contributed by atoms with van der Waals surface area (Å²) in [6.07, 6.45) is 0.968. The Labute approximate surface area is 208 Å². The van der Waals surface area contributed by atoms with Gasteiger partial charge in [-0.15, -0.1) is 10.2 Å². The fourth-order valence-electron chi connectivity index (χ4n) is 4.63. The number of hydrogen-bond acceptors (Lipinski definition) is 6. The van der Waals surface area contributed by atoms with Gasteiger partial charge < -0.3 is 14.9 Å². The van der Waals surface area contributed by atoms with E-state index in [1.165, 1.54) is 11.1 Å². The second-order valence-corrected chi connectivity index (χ2v) is 8.90. The Morgan fingerprint density at radius 2 is 1.63 bits per heavy atom. The van der Waals surface area contributed by atoms with Crippen LogP contribution in [-0.4, -0.2) is 70.3 Å². The topological polar surface area (TPSA) is 72.8 Å². The minimum absolute atomic E-state index is 0.0688. The standard InChI is InChI=1S/C28H35N5O2/c1-4-21-18-23(22-8-7-9-25(34)19-22)10-11-24(21)20-31-14-16-33(17-15-31)27-13-12-26(29-30-27)28(35)32(5-2)6-3/h7-13,18-19,34H,4-6,14-17,20H2,1-3H3. The number of carbonyl (C=O) groups excluding carboxylic acids is 1. The van der Waals surface area contributed by atoms with Crippen molar-refractivity contribution < 1.29 is 9.90 Å². The normalized spacial score (nSPS) is 14.2. The molecule has 1 amide bonds. The molecule has 1 N–H and O–H groups in total. The van der Waals surface area contributed by atoms with Crippen molar-refractivity contribution in [2.24, 2.45) is 0 Å². The molecule has 0 saturated carbocycles. The van der Waals surface area contributed by atoms with Crippen molar-refractivity contribution in [3.8, 4) is 16.9 Å². The summed E-state index contributed by atoms with van der Waals surface area (Å²) in [6, 6.07) is 17.7. The van der Waals surface area contributed by atoms with Gasteiger partial charge in [0, 0.05) is 45.8 Å². The molecule has 7 heteroatoms. The van der Waals surface area contributed by atoms with Crippen LogP contribution < -0.4 is 4.90 Å². The first-order valence-electron chi connectivity index (χ1n) is 12.5. The number of anilines is 1. The third kappa shape index (κ3) is 5.80. The number of benzene rings is 2. The van der Waals surface area contributed by atoms with Crippen molar-refractivity contribution in [1.29, 1.82) is 0 Å². The van der Waals surface area contributed by atoms with Crippen LogP contribution in [0.15, 0.2) is 54.6 Å². The highest BCUT2D eigenvalue weighted by Crippen LogP contribution is 2.27. The first-order valence-corrected chi connectivity index (χ1v) is 12.5. The lowest BCUT2D eigenvalue weighted by Gasteiger charge is -2.35. The molecule has 3 aromatic rings. The zero-order chi connectivity index (χ0) is 24.8. The molecule has 184 valence electrons. The van der Waals surface area contributed by atoms with Crippen LogP contribution in [0, 0.1) is 0 Å². The van der Waals surface area contributed by atoms with E-state index in [1.807, 2.05) is 38.1 Å². The van der Waals surface area contributed by atoms with Gasteiger partial charge in [-0.05, 0) is 66.8 Å². The van der Waals surface area contributed by atoms with E-state index in [0.717, 1.165) is 56.1 Å². The van der Waals surface area contributed by atoms with Gasteiger partial charge in [-0.25, -0.2) is 0 Å². The summed E-state index contributed by atoms with van der Waals surface area (Å²) in [7, 11) is 0. The van der Waals surface area contributed by atoms with Gasteiger partial charge in [0.1, 0.15) is 5.75 Å². The number of carbonyl (C=O) groups is 1. The maximum atomic E-state index is 12.5. The van der Waals surface area contributed by atoms with Gasteiger partial charge in [-0.3, -0.25) is 9.69 Å². The fraction of sp³-hybridized carbons (Fsp3) is 0.393. The van der Waals surface area contributed by atoms with Gasteiger partial charge >= 0.3 is 0 Å². The van der Waals surface area contributed by atoms with E-state index in [0.29, 0.717) is 18.8 Å². The number of aromatic hydroxyl groups is 1. The van der Waals surface area contributed by atoms with E-state index in [9.17, 15) is 9.90 Å². The lowest BCUT2D eigenvalue weighted by Crippen LogP contribution is -2.46. The van der Waals surface area contributed by atoms with E-state index < -0.39 is 0 Å². The van der Waals surface area contributed by atoms with Crippen LogP contribution in [0.2, 0.25) is 0 Å². The molecule has 1 fully saturated rings. The molecule has 0 radical (unpaired) electrons. The van der Waals surface area contributed by atoms with E-state index in [4.69, 9.17) is 0 Å². The molecule has 35 heavy (non-hydrogen) atoms. The molecule has 0 aliphatic carbocycles. The van der Waals surface area contributed by atoms with Gasteiger partial charge in [0.15, 0.2) is 11.5 Å². The van der Waals surface area contributed by atoms with E-state index in [2.05, 4.69) is 45.1 Å². The lowest BCUT2D eigenvalue weighted by molar-refractivity contribution is 0.0766. The molecular formula is C28H35N5O2. The van der Waals surface area contributed by atoms with E-state index >= 15 is 0 Å². The minimum Gasteiger partial charge on any atom is -0.508 e. The highest BCUT2D eigenvalue weighted by Gasteiger charge is 2.21. The predicted octanol–water partition coefficient (Wildman–Crippen LogP) is 4.22. The Bertz CT molecular complexity index is 1140. The van der Waals surface area contributed by atoms with Crippen molar-refractivity contribution in [1.82, 2.24) is 20.0 Å². The number of phenolic OH excluding ortho intramolecular Hbond substituents is 1. The second kappa shape index (κ2) is 11.3. The number of nitrogens with zero attached hydrogens (tertiary/aromatic N) is 5. The van der Waals surface area contributed by atoms with E-state index in [-0.39, 0.29) is 11.7 Å². The summed E-state index contributed by atoms with van der Waals surface area (Å²) in [5.74, 6) is 1.04. The van der Waals surface area contributed by atoms with E-state index in [1.54, 1.807) is 17.0 Å². The fourth-order valence-corrected chi connectivity index (χ4v) is 4.63. The van der Waals surface area contributed by atoms with Crippen LogP contribution in [0.3, 0.4) is 0 Å². The summed E-state index contributed by atoms with van der Waals surface area (Å²) in [5, 5.41) is 18.4. The molecular weight excluding hydrogens is 438 g/mol. The number of hydrogen-bond donors (Lipinski definition) is 1. The zero-order valence-electron chi connectivity index (χ0n) is 20.9. The van der Waals surface area contributed by atoms with Crippen LogP contribution in [-0.2, 0) is 13.0 Å². The maximum Gasteiger partial charge on any atom is 0.274 e. The third-order valence-corrected chi connectivity index (χ3v) is 6.78. The Morgan fingerprint density at radius 3 is 2.26 bits per heavy atom. The SMILES string of the molecule is CCc1cc(-c2cccc(O)c2)ccc1CN1CCN(c2ccc(C(=O)N(CC)CC)nn2)CC1. The third-order valence-electron chi connectivity index (χ3n) is 6.78. The summed E-state index contributed by atoms with van der Waals surface area (Å²) < 4.78 is 0. The number of piperazine rings is 1. The number of amides is 1. The van der Waals surface area contributed by atoms with Crippen molar-refractivity contribution >= 4 is 11.7 Å². The smallest absolute Gasteiger partial charge is 0.274 e. The molecule has 0 unspecified atom stereocenters. The lowest BCUT2D eigenvalue weighted by atomic mass is 9.97. The Hall–Kier alpha value is -3.45. The molecule has 0 bridgehead atoms. The minimum atomic E-state index is -0.0688. The number of aromatic nitrogens is 2. The van der Waals surface area contributed by atoms with Gasteiger partial charge in [-0.2, -0.15) is 0 Å². The first-order chi connectivity index (χ1) is 17.0. The van der Waals surface area contributed by atoms with Gasteiger partial charge in [0.05, 0.1) is 0 Å². The predicted molar refractivity (Wildman–Crippen MR) is 140 cm³/mol. The molecule has 1 aromatic heterocycles. The van der Waals surface area contributed by atoms with Crippen molar-refractivity contribution in [2.75, 3.05) is 44.2 Å². The highest BCUT2D eigenvalue weighted by molar-refractivity contribution is 5.92. The van der Waals surface area contributed by atoms with Gasteiger partial charge in [-0.1, -0.05) is 37.3 Å². The van der Waals surface area contributed by atoms with Crippen molar-refractivity contribution in [3.05, 3.63) is 71.4 Å². The first kappa shape index (κ1) is 24.7. The van der Waals surface area contributed by atoms with Crippen LogP contribution >= 0.6 is 0 Å². The van der Waals surface area contributed by atoms with Gasteiger partial charge in [0.25, 0.3) is 5.91 Å². The number of aryl methyl sites for hydroxylation is 1. The molecule has 1 aliphatic rings. The van der Waals surface area contributed by atoms with Crippen LogP contribution in [0.25, 0.3) is 11.1 Å². The molecule has 2 aromatic carbocycles. The van der Waals surface area contributed by atoms with Crippen LogP contribution in [0.1, 0.15) is 42.4 Å². The average molecular weight is 474 g/mol. The second-order valence-electron chi connectivity index (χ2n) is 8.90. The quantitative estimate of drug-likeness (QED) is 0.528. The van der Waals surface area contributed by atoms with Crippen molar-refractivity contribution in [3.63, 3.8) is 0 Å². The monoisotopic (exact) mass is 473 g/mol. The largest absolute Gasteiger partial charge is 0.508 e. The van der Waals surface area contributed by atoms with Gasteiger partial charge in [0.2, 0.25) is 0 Å². The zero-order valence-corrected chi connectivity index (χ0v) is 20.9. The number of rotatable bonds is 8. The Balaban J connectivity index is 1.36. The number of phenols is 1. The molecule has 2 heterocycles. The summed E-state index contributed by atoms with van der Waals surface area (Å²) in [6.45, 7) is 12.0. The molecule has 0 atom stereocenters. The molecule has 0 spiro atoms.